The van der Waals surface area contributed by atoms with Crippen molar-refractivity contribution in [3.63, 3.8) is 0 Å². The first kappa shape index (κ1) is 15.9. The van der Waals surface area contributed by atoms with Crippen LogP contribution < -0.4 is 4.74 Å². The molecule has 25 heavy (non-hydrogen) atoms. The van der Waals surface area contributed by atoms with Crippen LogP contribution in [0.4, 0.5) is 0 Å². The number of aliphatic carboxylic acids is 1. The molecular formula is C17H12N2O4S2. The molecule has 126 valence electrons. The van der Waals surface area contributed by atoms with E-state index in [4.69, 9.17) is 9.84 Å². The lowest BCUT2D eigenvalue weighted by Gasteiger charge is -2.06. The van der Waals surface area contributed by atoms with Crippen molar-refractivity contribution in [3.05, 3.63) is 47.5 Å². The van der Waals surface area contributed by atoms with Gasteiger partial charge in [0.25, 0.3) is 0 Å². The van der Waals surface area contributed by atoms with E-state index in [1.807, 2.05) is 12.1 Å². The quantitative estimate of drug-likeness (QED) is 0.725. The molecular weight excluding hydrogens is 360 g/mol. The van der Waals surface area contributed by atoms with Crippen LogP contribution in [0.15, 0.2) is 47.5 Å². The number of para-hydroxylation sites is 2. The first-order valence-corrected chi connectivity index (χ1v) is 9.20. The Kier molecular flexibility index (Phi) is 4.06. The Hall–Kier alpha value is -2.58. The van der Waals surface area contributed by atoms with Gasteiger partial charge in [0.2, 0.25) is 0 Å². The predicted molar refractivity (Wildman–Crippen MR) is 98.2 cm³/mol. The summed E-state index contributed by atoms with van der Waals surface area (Å²) in [4.78, 5) is 19.8. The number of aromatic hydroxyl groups is 1. The third-order valence-corrected chi connectivity index (χ3v) is 5.78. The molecule has 0 bridgehead atoms. The molecule has 0 fully saturated rings. The van der Waals surface area contributed by atoms with Crippen LogP contribution in [-0.4, -0.2) is 38.0 Å². The normalized spacial score (nSPS) is 16.8. The number of thiazole rings is 1. The van der Waals surface area contributed by atoms with E-state index < -0.39 is 12.0 Å². The highest BCUT2D eigenvalue weighted by Crippen LogP contribution is 2.34. The van der Waals surface area contributed by atoms with Crippen LogP contribution in [0.25, 0.3) is 10.2 Å². The van der Waals surface area contributed by atoms with Crippen LogP contribution in [0.3, 0.4) is 0 Å². The smallest absolute Gasteiger partial charge is 0.329 e. The van der Waals surface area contributed by atoms with Gasteiger partial charge in [-0.2, -0.15) is 0 Å². The molecule has 6 nitrogen and oxygen atoms in total. The molecule has 2 N–H and O–H groups in total. The van der Waals surface area contributed by atoms with Gasteiger partial charge in [0.05, 0.1) is 10.2 Å². The number of phenols is 1. The number of ether oxygens (including phenoxy) is 1. The number of rotatable bonds is 4. The van der Waals surface area contributed by atoms with E-state index in [9.17, 15) is 9.90 Å². The van der Waals surface area contributed by atoms with Gasteiger partial charge in [-0.1, -0.05) is 12.1 Å². The monoisotopic (exact) mass is 372 g/mol. The SMILES string of the molecule is O=C(O)C1CSC(c2nc3ccc(Oc4ccccc4O)cc3s2)=N1. The van der Waals surface area contributed by atoms with E-state index >= 15 is 0 Å². The van der Waals surface area contributed by atoms with Crippen molar-refractivity contribution >= 4 is 44.3 Å². The summed E-state index contributed by atoms with van der Waals surface area (Å²) in [6, 6.07) is 11.5. The number of carbonyl (C=O) groups is 1. The van der Waals surface area contributed by atoms with Gasteiger partial charge < -0.3 is 14.9 Å². The van der Waals surface area contributed by atoms with E-state index in [-0.39, 0.29) is 5.75 Å². The maximum absolute atomic E-state index is 11.0. The van der Waals surface area contributed by atoms with Crippen molar-refractivity contribution in [1.29, 1.82) is 0 Å². The molecule has 0 saturated heterocycles. The summed E-state index contributed by atoms with van der Waals surface area (Å²) in [5, 5.41) is 20.2. The molecule has 0 saturated carbocycles. The second kappa shape index (κ2) is 6.38. The van der Waals surface area contributed by atoms with Crippen molar-refractivity contribution in [2.24, 2.45) is 4.99 Å². The number of phenolic OH excluding ortho intramolecular Hbond substituents is 1. The number of hydrogen-bond acceptors (Lipinski definition) is 7. The molecule has 8 heteroatoms. The number of aliphatic imine (C=N–C) groups is 1. The third-order valence-electron chi connectivity index (χ3n) is 3.57. The fraction of sp³-hybridized carbons (Fsp3) is 0.118. The Labute approximate surface area is 150 Å². The molecule has 2 aromatic carbocycles. The number of carboxylic acids is 1. The molecule has 3 aromatic rings. The van der Waals surface area contributed by atoms with Crippen LogP contribution in [0.1, 0.15) is 5.01 Å². The fourth-order valence-electron chi connectivity index (χ4n) is 2.35. The van der Waals surface area contributed by atoms with Gasteiger partial charge in [0.15, 0.2) is 17.5 Å². The molecule has 0 aliphatic carbocycles. The molecule has 4 rings (SSSR count). The molecule has 1 unspecified atom stereocenters. The van der Waals surface area contributed by atoms with E-state index in [0.717, 1.165) is 10.2 Å². The van der Waals surface area contributed by atoms with E-state index in [0.29, 0.717) is 27.3 Å². The average Bonchev–Trinajstić information content (AvgIpc) is 3.23. The molecule has 0 radical (unpaired) electrons. The second-order valence-electron chi connectivity index (χ2n) is 5.32. The van der Waals surface area contributed by atoms with Gasteiger partial charge in [0.1, 0.15) is 15.8 Å². The number of benzene rings is 2. The minimum Gasteiger partial charge on any atom is -0.504 e. The lowest BCUT2D eigenvalue weighted by Crippen LogP contribution is -2.17. The Balaban J connectivity index is 1.63. The van der Waals surface area contributed by atoms with Crippen LogP contribution in [0.5, 0.6) is 17.2 Å². The van der Waals surface area contributed by atoms with Gasteiger partial charge in [-0.3, -0.25) is 4.99 Å². The summed E-state index contributed by atoms with van der Waals surface area (Å²) in [6.45, 7) is 0. The highest BCUT2D eigenvalue weighted by atomic mass is 32.2. The number of hydrogen-bond donors (Lipinski definition) is 2. The first-order valence-electron chi connectivity index (χ1n) is 7.40. The van der Waals surface area contributed by atoms with Gasteiger partial charge in [-0.15, -0.1) is 23.1 Å². The highest BCUT2D eigenvalue weighted by Gasteiger charge is 2.26. The van der Waals surface area contributed by atoms with Crippen molar-refractivity contribution in [2.45, 2.75) is 6.04 Å². The van der Waals surface area contributed by atoms with E-state index in [2.05, 4.69) is 9.98 Å². The van der Waals surface area contributed by atoms with Crippen molar-refractivity contribution in [3.8, 4) is 17.2 Å². The van der Waals surface area contributed by atoms with Gasteiger partial charge in [-0.25, -0.2) is 9.78 Å². The number of fused-ring (bicyclic) bond motifs is 1. The average molecular weight is 372 g/mol. The molecule has 1 aliphatic rings. The molecule has 1 aromatic heterocycles. The predicted octanol–water partition coefficient (Wildman–Crippen LogP) is 3.74. The standard InChI is InChI=1S/C17H12N2O4S2/c20-12-3-1-2-4-13(12)23-9-5-6-10-14(7-9)25-16(18-10)15-19-11(8-24-15)17(21)22/h1-7,11,20H,8H2,(H,21,22). The summed E-state index contributed by atoms with van der Waals surface area (Å²) >= 11 is 2.85. The molecule has 0 amide bonds. The number of nitrogens with zero attached hydrogens (tertiary/aromatic N) is 2. The van der Waals surface area contributed by atoms with E-state index in [1.165, 1.54) is 23.1 Å². The summed E-state index contributed by atoms with van der Waals surface area (Å²) in [7, 11) is 0. The van der Waals surface area contributed by atoms with Crippen LogP contribution >= 0.6 is 23.1 Å². The topological polar surface area (TPSA) is 92.0 Å². The highest BCUT2D eigenvalue weighted by molar-refractivity contribution is 8.15. The Morgan fingerprint density at radius 1 is 1.24 bits per heavy atom. The Morgan fingerprint density at radius 2 is 2.08 bits per heavy atom. The minimum absolute atomic E-state index is 0.0732. The zero-order valence-corrected chi connectivity index (χ0v) is 14.4. The molecule has 1 atom stereocenters. The zero-order chi connectivity index (χ0) is 17.4. The van der Waals surface area contributed by atoms with Crippen molar-refractivity contribution in [1.82, 2.24) is 4.98 Å². The Bertz CT molecular complexity index is 999. The van der Waals surface area contributed by atoms with Gasteiger partial charge in [-0.05, 0) is 24.3 Å². The Morgan fingerprint density at radius 3 is 2.84 bits per heavy atom. The molecule has 0 spiro atoms. The van der Waals surface area contributed by atoms with Gasteiger partial charge in [0, 0.05) is 11.8 Å². The lowest BCUT2D eigenvalue weighted by atomic mass is 10.3. The number of carboxylic acid groups (broad SMARTS) is 1. The van der Waals surface area contributed by atoms with E-state index in [1.54, 1.807) is 30.3 Å². The number of aromatic nitrogens is 1. The fourth-order valence-corrected chi connectivity index (χ4v) is 4.44. The van der Waals surface area contributed by atoms with Crippen LogP contribution in [0.2, 0.25) is 0 Å². The second-order valence-corrected chi connectivity index (χ2v) is 7.36. The maximum Gasteiger partial charge on any atom is 0.329 e. The third kappa shape index (κ3) is 3.18. The largest absolute Gasteiger partial charge is 0.504 e. The van der Waals surface area contributed by atoms with Gasteiger partial charge >= 0.3 is 5.97 Å². The summed E-state index contributed by atoms with van der Waals surface area (Å²) in [5.74, 6) is 0.564. The van der Waals surface area contributed by atoms with Crippen molar-refractivity contribution < 1.29 is 19.7 Å². The molecule has 2 heterocycles. The summed E-state index contributed by atoms with van der Waals surface area (Å²) in [5.41, 5.74) is 0.798. The van der Waals surface area contributed by atoms with Crippen LogP contribution in [0, 0.1) is 0 Å². The minimum atomic E-state index is -0.915. The maximum atomic E-state index is 11.0. The zero-order valence-electron chi connectivity index (χ0n) is 12.7. The van der Waals surface area contributed by atoms with Crippen LogP contribution in [-0.2, 0) is 4.79 Å². The summed E-state index contributed by atoms with van der Waals surface area (Å²) < 4.78 is 6.62. The molecule has 1 aliphatic heterocycles. The first-order chi connectivity index (χ1) is 12.1. The lowest BCUT2D eigenvalue weighted by molar-refractivity contribution is -0.137. The van der Waals surface area contributed by atoms with Crippen molar-refractivity contribution in [2.75, 3.05) is 5.75 Å². The number of thioether (sulfide) groups is 1. The summed E-state index contributed by atoms with van der Waals surface area (Å²) in [6.07, 6.45) is 0.